The van der Waals surface area contributed by atoms with E-state index in [4.69, 9.17) is 27.9 Å². The summed E-state index contributed by atoms with van der Waals surface area (Å²) in [5.41, 5.74) is 2.63. The Kier molecular flexibility index (Phi) is 6.70. The Morgan fingerprint density at radius 3 is 2.41 bits per heavy atom. The Morgan fingerprint density at radius 1 is 0.892 bits per heavy atom. The van der Waals surface area contributed by atoms with Crippen LogP contribution in [0.2, 0.25) is 10.0 Å². The summed E-state index contributed by atoms with van der Waals surface area (Å²) in [6, 6.07) is 22.7. The van der Waals surface area contributed by atoms with E-state index >= 15 is 0 Å². The first-order valence-electron chi connectivity index (χ1n) is 11.4. The lowest BCUT2D eigenvalue weighted by Gasteiger charge is -2.26. The number of fused-ring (bicyclic) bond motifs is 1. The molecule has 1 aliphatic rings. The summed E-state index contributed by atoms with van der Waals surface area (Å²) in [6.45, 7) is 2.30. The van der Waals surface area contributed by atoms with Crippen molar-refractivity contribution in [3.05, 3.63) is 111 Å². The summed E-state index contributed by atoms with van der Waals surface area (Å²) in [5, 5.41) is 4.36. The highest BCUT2D eigenvalue weighted by atomic mass is 35.5. The smallest absolute Gasteiger partial charge is 0.335 e. The highest BCUT2D eigenvalue weighted by molar-refractivity contribution is 6.43. The van der Waals surface area contributed by atoms with Crippen molar-refractivity contribution in [3.8, 4) is 5.75 Å². The maximum absolute atomic E-state index is 13.5. The van der Waals surface area contributed by atoms with Gasteiger partial charge < -0.3 is 4.74 Å². The van der Waals surface area contributed by atoms with E-state index in [0.717, 1.165) is 26.8 Å². The Labute approximate surface area is 223 Å². The standard InChI is InChI=1S/C29H20Cl2N2O4/c1-17-6-8-18(9-7-17)16-37-26-13-10-19-4-2-3-5-21(19)22(26)15-23-27(34)32-29(36)33(28(23)35)20-11-12-24(30)25(31)14-20/h2-15H,16H2,1H3,(H,32,34,36)/b23-15+. The average molecular weight is 531 g/mol. The molecule has 5 rings (SSSR count). The van der Waals surface area contributed by atoms with E-state index in [0.29, 0.717) is 17.9 Å². The number of urea groups is 1. The fourth-order valence-corrected chi connectivity index (χ4v) is 4.35. The number of carbonyl (C=O) groups is 3. The third-order valence-corrected chi connectivity index (χ3v) is 6.74. The molecule has 0 saturated carbocycles. The number of amides is 4. The van der Waals surface area contributed by atoms with Gasteiger partial charge in [0.05, 0.1) is 15.7 Å². The summed E-state index contributed by atoms with van der Waals surface area (Å²) in [4.78, 5) is 39.8. The molecule has 4 aromatic rings. The van der Waals surface area contributed by atoms with Crippen LogP contribution >= 0.6 is 23.2 Å². The van der Waals surface area contributed by atoms with Crippen LogP contribution in [0.1, 0.15) is 16.7 Å². The molecule has 4 amide bonds. The second-order valence-electron chi connectivity index (χ2n) is 8.53. The minimum absolute atomic E-state index is 0.169. The summed E-state index contributed by atoms with van der Waals surface area (Å²) >= 11 is 12.1. The zero-order chi connectivity index (χ0) is 26.1. The van der Waals surface area contributed by atoms with Crippen molar-refractivity contribution in [2.24, 2.45) is 0 Å². The molecule has 1 aliphatic heterocycles. The first-order valence-corrected chi connectivity index (χ1v) is 12.1. The predicted octanol–water partition coefficient (Wildman–Crippen LogP) is 6.70. The number of ether oxygens (including phenoxy) is 1. The van der Waals surface area contributed by atoms with Crippen LogP contribution in [-0.2, 0) is 16.2 Å². The number of aryl methyl sites for hydroxylation is 1. The number of hydrogen-bond donors (Lipinski definition) is 1. The number of carbonyl (C=O) groups excluding carboxylic acids is 3. The van der Waals surface area contributed by atoms with E-state index in [1.165, 1.54) is 24.3 Å². The van der Waals surface area contributed by atoms with Crippen molar-refractivity contribution in [1.82, 2.24) is 5.32 Å². The number of nitrogens with one attached hydrogen (secondary N) is 1. The molecule has 0 spiro atoms. The van der Waals surface area contributed by atoms with Gasteiger partial charge >= 0.3 is 6.03 Å². The van der Waals surface area contributed by atoms with Gasteiger partial charge in [0.15, 0.2) is 0 Å². The van der Waals surface area contributed by atoms with Crippen LogP contribution in [-0.4, -0.2) is 17.8 Å². The Morgan fingerprint density at radius 2 is 1.65 bits per heavy atom. The summed E-state index contributed by atoms with van der Waals surface area (Å²) < 4.78 is 6.14. The second-order valence-corrected chi connectivity index (χ2v) is 9.34. The number of benzene rings is 4. The lowest BCUT2D eigenvalue weighted by atomic mass is 9.99. The van der Waals surface area contributed by atoms with E-state index in [1.54, 1.807) is 6.07 Å². The molecule has 4 aromatic carbocycles. The molecule has 1 fully saturated rings. The van der Waals surface area contributed by atoms with Gasteiger partial charge in [0.2, 0.25) is 0 Å². The highest BCUT2D eigenvalue weighted by Gasteiger charge is 2.37. The number of imide groups is 2. The van der Waals surface area contributed by atoms with Crippen LogP contribution in [0.4, 0.5) is 10.5 Å². The van der Waals surface area contributed by atoms with Crippen LogP contribution in [0, 0.1) is 6.92 Å². The number of barbiturate groups is 1. The van der Waals surface area contributed by atoms with Gasteiger partial charge in [0.1, 0.15) is 17.9 Å². The van der Waals surface area contributed by atoms with E-state index in [1.807, 2.05) is 61.5 Å². The molecule has 0 aliphatic carbocycles. The molecule has 8 heteroatoms. The Hall–Kier alpha value is -4.13. The van der Waals surface area contributed by atoms with Crippen LogP contribution in [0.3, 0.4) is 0 Å². The molecular weight excluding hydrogens is 511 g/mol. The van der Waals surface area contributed by atoms with E-state index in [2.05, 4.69) is 5.32 Å². The minimum Gasteiger partial charge on any atom is -0.488 e. The van der Waals surface area contributed by atoms with Gasteiger partial charge in [-0.15, -0.1) is 0 Å². The average Bonchev–Trinajstić information content (AvgIpc) is 2.88. The van der Waals surface area contributed by atoms with Gasteiger partial charge in [-0.25, -0.2) is 9.69 Å². The van der Waals surface area contributed by atoms with E-state index < -0.39 is 17.8 Å². The van der Waals surface area contributed by atoms with Crippen molar-refractivity contribution in [1.29, 1.82) is 0 Å². The maximum atomic E-state index is 13.5. The third-order valence-electron chi connectivity index (χ3n) is 6.00. The molecule has 37 heavy (non-hydrogen) atoms. The zero-order valence-corrected chi connectivity index (χ0v) is 21.1. The number of hydrogen-bond acceptors (Lipinski definition) is 4. The molecule has 6 nitrogen and oxygen atoms in total. The molecule has 1 N–H and O–H groups in total. The first-order chi connectivity index (χ1) is 17.8. The first kappa shape index (κ1) is 24.6. The normalized spacial score (nSPS) is 14.8. The second kappa shape index (κ2) is 10.1. The molecule has 0 atom stereocenters. The Bertz CT molecular complexity index is 1600. The number of anilines is 1. The molecule has 1 heterocycles. The molecule has 1 saturated heterocycles. The van der Waals surface area contributed by atoms with Crippen LogP contribution in [0.5, 0.6) is 5.75 Å². The quantitative estimate of drug-likeness (QED) is 0.230. The fraction of sp³-hybridized carbons (Fsp3) is 0.0690. The van der Waals surface area contributed by atoms with E-state index in [9.17, 15) is 14.4 Å². The largest absolute Gasteiger partial charge is 0.488 e. The molecule has 0 aromatic heterocycles. The number of nitrogens with zero attached hydrogens (tertiary/aromatic N) is 1. The predicted molar refractivity (Wildman–Crippen MR) is 145 cm³/mol. The summed E-state index contributed by atoms with van der Waals surface area (Å²) in [5.74, 6) is -1.10. The summed E-state index contributed by atoms with van der Waals surface area (Å²) in [7, 11) is 0. The third kappa shape index (κ3) is 4.94. The molecule has 0 unspecified atom stereocenters. The van der Waals surface area contributed by atoms with E-state index in [-0.39, 0.29) is 21.3 Å². The molecule has 0 radical (unpaired) electrons. The molecule has 184 valence electrons. The Balaban J connectivity index is 1.58. The van der Waals surface area contributed by atoms with Crippen molar-refractivity contribution < 1.29 is 19.1 Å². The van der Waals surface area contributed by atoms with Crippen molar-refractivity contribution in [3.63, 3.8) is 0 Å². The maximum Gasteiger partial charge on any atom is 0.335 e. The lowest BCUT2D eigenvalue weighted by Crippen LogP contribution is -2.54. The van der Waals surface area contributed by atoms with Crippen molar-refractivity contribution in [2.75, 3.05) is 4.90 Å². The van der Waals surface area contributed by atoms with Crippen LogP contribution in [0.15, 0.2) is 84.4 Å². The monoisotopic (exact) mass is 530 g/mol. The lowest BCUT2D eigenvalue weighted by molar-refractivity contribution is -0.122. The van der Waals surface area contributed by atoms with Gasteiger partial charge in [0.25, 0.3) is 11.8 Å². The number of rotatable bonds is 5. The fourth-order valence-electron chi connectivity index (χ4n) is 4.06. The minimum atomic E-state index is -0.876. The molecule has 0 bridgehead atoms. The molecular formula is C29H20Cl2N2O4. The SMILES string of the molecule is Cc1ccc(COc2ccc3ccccc3c2/C=C2\C(=O)NC(=O)N(c3ccc(Cl)c(Cl)c3)C2=O)cc1. The van der Waals surface area contributed by atoms with Gasteiger partial charge in [0, 0.05) is 5.56 Å². The van der Waals surface area contributed by atoms with Crippen molar-refractivity contribution >= 4 is 63.6 Å². The van der Waals surface area contributed by atoms with Crippen LogP contribution < -0.4 is 15.0 Å². The van der Waals surface area contributed by atoms with Crippen LogP contribution in [0.25, 0.3) is 16.8 Å². The summed E-state index contributed by atoms with van der Waals surface area (Å²) in [6.07, 6.45) is 1.46. The zero-order valence-electron chi connectivity index (χ0n) is 19.6. The van der Waals surface area contributed by atoms with Gasteiger partial charge in [-0.3, -0.25) is 14.9 Å². The highest BCUT2D eigenvalue weighted by Crippen LogP contribution is 2.33. The van der Waals surface area contributed by atoms with Crippen molar-refractivity contribution in [2.45, 2.75) is 13.5 Å². The van der Waals surface area contributed by atoms with Gasteiger partial charge in [-0.05, 0) is 53.6 Å². The number of halogens is 2. The van der Waals surface area contributed by atoms with Gasteiger partial charge in [-0.1, -0.05) is 83.4 Å². The van der Waals surface area contributed by atoms with Gasteiger partial charge in [-0.2, -0.15) is 0 Å². The topological polar surface area (TPSA) is 75.7 Å².